The topological polar surface area (TPSA) is 145 Å². The molecule has 0 fully saturated rings. The highest BCUT2D eigenvalue weighted by molar-refractivity contribution is 6.13. The summed E-state index contributed by atoms with van der Waals surface area (Å²) in [7, 11) is 0. The molecular formula is C27H24N6O4. The molecular weight excluding hydrogens is 472 g/mol. The quantitative estimate of drug-likeness (QED) is 0.223. The first-order chi connectivity index (χ1) is 17.8. The SMILES string of the molecule is CC(C)(NC(=O)c1cc2[nH]nc(NC(=O)c3ccccc3NC(=O)c3ccc[nH]3)c2o1)c1ccccc1. The fourth-order valence-electron chi connectivity index (χ4n) is 3.91. The minimum absolute atomic E-state index is 0.0711. The number of carbonyl (C=O) groups excluding carboxylic acids is 3. The van der Waals surface area contributed by atoms with E-state index in [4.69, 9.17) is 4.42 Å². The molecule has 0 aliphatic heterocycles. The molecule has 0 radical (unpaired) electrons. The van der Waals surface area contributed by atoms with E-state index in [2.05, 4.69) is 31.1 Å². The lowest BCUT2D eigenvalue weighted by Gasteiger charge is -2.26. The Morgan fingerprint density at radius 2 is 1.62 bits per heavy atom. The molecule has 0 atom stereocenters. The van der Waals surface area contributed by atoms with E-state index in [9.17, 15) is 14.4 Å². The van der Waals surface area contributed by atoms with Gasteiger partial charge in [-0.05, 0) is 43.7 Å². The average molecular weight is 497 g/mol. The van der Waals surface area contributed by atoms with Gasteiger partial charge in [0.2, 0.25) is 0 Å². The van der Waals surface area contributed by atoms with Gasteiger partial charge in [-0.2, -0.15) is 5.10 Å². The van der Waals surface area contributed by atoms with Crippen LogP contribution in [0.15, 0.2) is 83.4 Å². The summed E-state index contributed by atoms with van der Waals surface area (Å²) in [6.45, 7) is 3.79. The van der Waals surface area contributed by atoms with Crippen molar-refractivity contribution in [2.24, 2.45) is 0 Å². The summed E-state index contributed by atoms with van der Waals surface area (Å²) in [5.41, 5.74) is 1.90. The standard InChI is InChI=1S/C27H24N6O4/c1-27(2,16-9-4-3-5-10-16)31-26(36)21-15-20-22(37-21)23(33-32-20)30-24(34)17-11-6-7-12-18(17)29-25(35)19-13-8-14-28-19/h3-15,28H,1-2H3,(H,29,35)(H,31,36)(H2,30,32,33,34). The maximum absolute atomic E-state index is 13.1. The molecule has 0 aliphatic carbocycles. The monoisotopic (exact) mass is 496 g/mol. The molecule has 3 heterocycles. The number of aromatic amines is 2. The Morgan fingerprint density at radius 3 is 2.38 bits per heavy atom. The van der Waals surface area contributed by atoms with Gasteiger partial charge in [0.05, 0.1) is 16.8 Å². The number of carbonyl (C=O) groups is 3. The van der Waals surface area contributed by atoms with Crippen molar-refractivity contribution >= 4 is 40.3 Å². The number of nitrogens with zero attached hydrogens (tertiary/aromatic N) is 1. The summed E-state index contributed by atoms with van der Waals surface area (Å²) in [4.78, 5) is 41.3. The lowest BCUT2D eigenvalue weighted by Crippen LogP contribution is -2.40. The number of H-pyrrole nitrogens is 2. The van der Waals surface area contributed by atoms with E-state index < -0.39 is 17.4 Å². The van der Waals surface area contributed by atoms with Gasteiger partial charge < -0.3 is 25.4 Å². The number of fused-ring (bicyclic) bond motifs is 1. The predicted octanol–water partition coefficient (Wildman–Crippen LogP) is 4.65. The van der Waals surface area contributed by atoms with Crippen molar-refractivity contribution in [1.82, 2.24) is 20.5 Å². The first-order valence-corrected chi connectivity index (χ1v) is 11.5. The van der Waals surface area contributed by atoms with Crippen molar-refractivity contribution < 1.29 is 18.8 Å². The van der Waals surface area contributed by atoms with Crippen molar-refractivity contribution in [1.29, 1.82) is 0 Å². The molecule has 10 nitrogen and oxygen atoms in total. The fraction of sp³-hybridized carbons (Fsp3) is 0.111. The zero-order chi connectivity index (χ0) is 26.0. The van der Waals surface area contributed by atoms with Gasteiger partial charge in [-0.1, -0.05) is 42.5 Å². The van der Waals surface area contributed by atoms with Crippen LogP contribution in [0.3, 0.4) is 0 Å². The van der Waals surface area contributed by atoms with Crippen LogP contribution in [-0.4, -0.2) is 32.9 Å². The Hall–Kier alpha value is -5.12. The Labute approximate surface area is 211 Å². The number of amides is 3. The second-order valence-electron chi connectivity index (χ2n) is 8.91. The lowest BCUT2D eigenvalue weighted by molar-refractivity contribution is 0.0885. The Kier molecular flexibility index (Phi) is 6.06. The van der Waals surface area contributed by atoms with Gasteiger partial charge >= 0.3 is 0 Å². The molecule has 186 valence electrons. The zero-order valence-electron chi connectivity index (χ0n) is 20.1. The number of para-hydroxylation sites is 1. The number of hydrogen-bond donors (Lipinski definition) is 5. The van der Waals surface area contributed by atoms with Crippen molar-refractivity contribution in [2.75, 3.05) is 10.6 Å². The maximum atomic E-state index is 13.1. The van der Waals surface area contributed by atoms with Gasteiger partial charge in [-0.15, -0.1) is 0 Å². The van der Waals surface area contributed by atoms with E-state index >= 15 is 0 Å². The number of benzene rings is 2. The molecule has 5 aromatic rings. The van der Waals surface area contributed by atoms with E-state index in [1.54, 1.807) is 42.6 Å². The van der Waals surface area contributed by atoms with Crippen LogP contribution >= 0.6 is 0 Å². The van der Waals surface area contributed by atoms with Crippen LogP contribution in [-0.2, 0) is 5.54 Å². The van der Waals surface area contributed by atoms with E-state index in [1.165, 1.54) is 6.07 Å². The fourth-order valence-corrected chi connectivity index (χ4v) is 3.91. The van der Waals surface area contributed by atoms with Crippen LogP contribution in [0.5, 0.6) is 0 Å². The second kappa shape index (κ2) is 9.50. The van der Waals surface area contributed by atoms with Gasteiger partial charge in [-0.3, -0.25) is 19.5 Å². The molecule has 0 saturated heterocycles. The molecule has 5 rings (SSSR count). The number of anilines is 2. The summed E-state index contributed by atoms with van der Waals surface area (Å²) < 4.78 is 5.77. The van der Waals surface area contributed by atoms with Crippen LogP contribution in [0.1, 0.15) is 50.8 Å². The van der Waals surface area contributed by atoms with Crippen LogP contribution in [0, 0.1) is 0 Å². The average Bonchev–Trinajstić information content (AvgIpc) is 3.64. The predicted molar refractivity (Wildman–Crippen MR) is 138 cm³/mol. The smallest absolute Gasteiger partial charge is 0.287 e. The Balaban J connectivity index is 1.33. The van der Waals surface area contributed by atoms with Gasteiger partial charge in [0.25, 0.3) is 17.7 Å². The van der Waals surface area contributed by atoms with E-state index in [0.29, 0.717) is 16.9 Å². The molecule has 0 bridgehead atoms. The Morgan fingerprint density at radius 1 is 0.865 bits per heavy atom. The number of aromatic nitrogens is 3. The molecule has 0 aliphatic rings. The van der Waals surface area contributed by atoms with Gasteiger partial charge in [0, 0.05) is 12.3 Å². The van der Waals surface area contributed by atoms with Crippen molar-refractivity contribution in [2.45, 2.75) is 19.4 Å². The summed E-state index contributed by atoms with van der Waals surface area (Å²) in [5.74, 6) is -1.11. The minimum Gasteiger partial charge on any atom is -0.445 e. The first kappa shape index (κ1) is 23.6. The minimum atomic E-state index is -0.636. The molecule has 5 N–H and O–H groups in total. The van der Waals surface area contributed by atoms with Crippen molar-refractivity contribution in [3.8, 4) is 0 Å². The van der Waals surface area contributed by atoms with Crippen LogP contribution in [0.2, 0.25) is 0 Å². The Bertz CT molecular complexity index is 1580. The summed E-state index contributed by atoms with van der Waals surface area (Å²) in [5, 5.41) is 15.3. The molecule has 37 heavy (non-hydrogen) atoms. The summed E-state index contributed by atoms with van der Waals surface area (Å²) in [6.07, 6.45) is 1.64. The molecule has 10 heteroatoms. The molecule has 0 spiro atoms. The van der Waals surface area contributed by atoms with Gasteiger partial charge in [0.1, 0.15) is 11.2 Å². The van der Waals surface area contributed by atoms with Gasteiger partial charge in [-0.25, -0.2) is 0 Å². The van der Waals surface area contributed by atoms with Gasteiger partial charge in [0.15, 0.2) is 17.2 Å². The van der Waals surface area contributed by atoms with Crippen molar-refractivity contribution in [3.63, 3.8) is 0 Å². The molecule has 0 saturated carbocycles. The number of hydrogen-bond acceptors (Lipinski definition) is 5. The zero-order valence-corrected chi connectivity index (χ0v) is 20.1. The number of nitrogens with one attached hydrogen (secondary N) is 5. The van der Waals surface area contributed by atoms with Crippen LogP contribution in [0.25, 0.3) is 11.1 Å². The molecule has 3 amide bonds. The highest BCUT2D eigenvalue weighted by Crippen LogP contribution is 2.27. The third kappa shape index (κ3) is 4.85. The van der Waals surface area contributed by atoms with E-state index in [0.717, 1.165) is 5.56 Å². The number of furan rings is 1. The number of rotatable bonds is 7. The van der Waals surface area contributed by atoms with Crippen LogP contribution < -0.4 is 16.0 Å². The lowest BCUT2D eigenvalue weighted by atomic mass is 9.94. The van der Waals surface area contributed by atoms with E-state index in [-0.39, 0.29) is 28.6 Å². The van der Waals surface area contributed by atoms with Crippen LogP contribution in [0.4, 0.5) is 11.5 Å². The molecule has 2 aromatic carbocycles. The summed E-state index contributed by atoms with van der Waals surface area (Å²) >= 11 is 0. The van der Waals surface area contributed by atoms with Crippen molar-refractivity contribution in [3.05, 3.63) is 102 Å². The molecule has 3 aromatic heterocycles. The largest absolute Gasteiger partial charge is 0.445 e. The third-order valence-electron chi connectivity index (χ3n) is 5.88. The highest BCUT2D eigenvalue weighted by Gasteiger charge is 2.26. The first-order valence-electron chi connectivity index (χ1n) is 11.5. The summed E-state index contributed by atoms with van der Waals surface area (Å²) in [6, 6.07) is 21.0. The normalized spacial score (nSPS) is 11.3. The third-order valence-corrected chi connectivity index (χ3v) is 5.88. The van der Waals surface area contributed by atoms with E-state index in [1.807, 2.05) is 44.2 Å². The maximum Gasteiger partial charge on any atom is 0.287 e. The second-order valence-corrected chi connectivity index (χ2v) is 8.91. The highest BCUT2D eigenvalue weighted by atomic mass is 16.3. The molecule has 0 unspecified atom stereocenters.